The minimum atomic E-state index is -0.671. The summed E-state index contributed by atoms with van der Waals surface area (Å²) in [4.78, 5) is 37.9. The van der Waals surface area contributed by atoms with Gasteiger partial charge in [-0.3, -0.25) is 14.5 Å². The van der Waals surface area contributed by atoms with Crippen LogP contribution in [0.25, 0.3) is 21.8 Å². The summed E-state index contributed by atoms with van der Waals surface area (Å²) in [6.45, 7) is 8.54. The second-order valence-corrected chi connectivity index (χ2v) is 11.9. The zero-order valence-corrected chi connectivity index (χ0v) is 27.7. The van der Waals surface area contributed by atoms with Gasteiger partial charge in [0.2, 0.25) is 5.88 Å². The van der Waals surface area contributed by atoms with Gasteiger partial charge in [-0.15, -0.1) is 0 Å². The number of aromatic nitrogens is 3. The number of hydrogen-bond donors (Lipinski definition) is 0. The number of ether oxygens (including phenoxy) is 4. The summed E-state index contributed by atoms with van der Waals surface area (Å²) in [7, 11) is 3.38. The highest BCUT2D eigenvalue weighted by molar-refractivity contribution is 6.01. The fraction of sp³-hybridized carbons (Fsp3) is 0.351. The third-order valence-corrected chi connectivity index (χ3v) is 8.88. The SMILES string of the molecule is CCc1ccc2c(c1)c(=O)c(C(=O)Cc1ccc(Oc3ncnc4cc(OCCCN5CCOCC5)c(OC)cc34)c(F)c1)c(C)n2C. The van der Waals surface area contributed by atoms with Crippen LogP contribution in [0, 0.1) is 12.7 Å². The van der Waals surface area contributed by atoms with E-state index in [0.717, 1.165) is 56.8 Å². The van der Waals surface area contributed by atoms with Crippen molar-refractivity contribution in [2.24, 2.45) is 7.05 Å². The summed E-state index contributed by atoms with van der Waals surface area (Å²) in [6.07, 6.45) is 2.81. The van der Waals surface area contributed by atoms with Gasteiger partial charge in [-0.25, -0.2) is 14.4 Å². The van der Waals surface area contributed by atoms with Crippen LogP contribution in [-0.2, 0) is 24.6 Å². The first-order chi connectivity index (χ1) is 23.3. The maximum atomic E-state index is 15.4. The molecular formula is C37H39FN4O6. The highest BCUT2D eigenvalue weighted by Crippen LogP contribution is 2.36. The molecule has 0 N–H and O–H groups in total. The van der Waals surface area contributed by atoms with Gasteiger partial charge in [-0.05, 0) is 61.2 Å². The number of benzene rings is 3. The maximum absolute atomic E-state index is 15.4. The molecule has 11 heteroatoms. The lowest BCUT2D eigenvalue weighted by Crippen LogP contribution is -2.37. The van der Waals surface area contributed by atoms with Crippen LogP contribution >= 0.6 is 0 Å². The van der Waals surface area contributed by atoms with Gasteiger partial charge in [-0.2, -0.15) is 0 Å². The molecule has 250 valence electrons. The zero-order chi connectivity index (χ0) is 33.8. The molecule has 3 aromatic carbocycles. The highest BCUT2D eigenvalue weighted by Gasteiger charge is 2.21. The molecule has 1 aliphatic rings. The molecule has 1 fully saturated rings. The van der Waals surface area contributed by atoms with Crippen LogP contribution in [0.3, 0.4) is 0 Å². The minimum absolute atomic E-state index is 0.0708. The number of methoxy groups -OCH3 is 1. The molecule has 5 aromatic rings. The van der Waals surface area contributed by atoms with E-state index in [9.17, 15) is 9.59 Å². The standard InChI is InChI=1S/C37H39FN4O6/c1-5-24-7-9-30-27(17-24)36(44)35(23(2)41(30)3)31(43)19-25-8-10-32(28(38)18-25)48-37-26-20-33(45-4)34(21-29(26)39-22-40-37)47-14-6-11-42-12-15-46-16-13-42/h7-10,17-18,20-22H,5-6,11-16,19H2,1-4H3. The molecule has 6 rings (SSSR count). The van der Waals surface area contributed by atoms with E-state index in [2.05, 4.69) is 14.9 Å². The predicted octanol–water partition coefficient (Wildman–Crippen LogP) is 5.82. The van der Waals surface area contributed by atoms with Crippen LogP contribution in [0.2, 0.25) is 0 Å². The molecule has 2 aromatic heterocycles. The summed E-state index contributed by atoms with van der Waals surface area (Å²) in [6, 6.07) is 13.5. The highest BCUT2D eigenvalue weighted by atomic mass is 19.1. The summed E-state index contributed by atoms with van der Waals surface area (Å²) in [5.74, 6) is 0.0380. The zero-order valence-electron chi connectivity index (χ0n) is 27.7. The number of carbonyl (C=O) groups excluding carboxylic acids is 1. The number of pyridine rings is 1. The van der Waals surface area contributed by atoms with Crippen LogP contribution < -0.4 is 19.6 Å². The van der Waals surface area contributed by atoms with E-state index in [0.29, 0.717) is 45.7 Å². The largest absolute Gasteiger partial charge is 0.493 e. The third kappa shape index (κ3) is 6.88. The van der Waals surface area contributed by atoms with E-state index < -0.39 is 5.82 Å². The van der Waals surface area contributed by atoms with Crippen molar-refractivity contribution in [3.05, 3.63) is 93.3 Å². The second-order valence-electron chi connectivity index (χ2n) is 11.9. The van der Waals surface area contributed by atoms with Gasteiger partial charge in [0.25, 0.3) is 0 Å². The van der Waals surface area contributed by atoms with E-state index in [4.69, 9.17) is 18.9 Å². The number of hydrogen-bond acceptors (Lipinski definition) is 9. The van der Waals surface area contributed by atoms with Gasteiger partial charge in [0, 0.05) is 50.2 Å². The molecule has 0 atom stereocenters. The number of aryl methyl sites for hydroxylation is 2. The summed E-state index contributed by atoms with van der Waals surface area (Å²) in [5.41, 5.74) is 3.10. The first-order valence-electron chi connectivity index (χ1n) is 16.1. The molecule has 0 unspecified atom stereocenters. The fourth-order valence-corrected chi connectivity index (χ4v) is 6.06. The van der Waals surface area contributed by atoms with Crippen molar-refractivity contribution in [3.8, 4) is 23.1 Å². The number of halogens is 1. The van der Waals surface area contributed by atoms with E-state index in [1.807, 2.05) is 36.7 Å². The van der Waals surface area contributed by atoms with E-state index >= 15 is 4.39 Å². The Balaban J connectivity index is 1.18. The fourth-order valence-electron chi connectivity index (χ4n) is 6.06. The topological polar surface area (TPSA) is 105 Å². The van der Waals surface area contributed by atoms with Gasteiger partial charge in [0.15, 0.2) is 34.3 Å². The Hall–Kier alpha value is -4.87. The first kappa shape index (κ1) is 33.0. The van der Waals surface area contributed by atoms with Gasteiger partial charge in [-0.1, -0.05) is 19.1 Å². The van der Waals surface area contributed by atoms with Crippen LogP contribution in [0.4, 0.5) is 4.39 Å². The smallest absolute Gasteiger partial charge is 0.230 e. The van der Waals surface area contributed by atoms with Crippen LogP contribution in [0.5, 0.6) is 23.1 Å². The first-order valence-corrected chi connectivity index (χ1v) is 16.1. The van der Waals surface area contributed by atoms with Gasteiger partial charge in [0.05, 0.1) is 48.9 Å². The van der Waals surface area contributed by atoms with Gasteiger partial charge >= 0.3 is 0 Å². The average molecular weight is 655 g/mol. The summed E-state index contributed by atoms with van der Waals surface area (Å²) in [5, 5.41) is 1.01. The van der Waals surface area contributed by atoms with Crippen LogP contribution in [-0.4, -0.2) is 71.8 Å². The number of rotatable bonds is 12. The molecule has 1 saturated heterocycles. The number of fused-ring (bicyclic) bond motifs is 2. The Morgan fingerprint density at radius 1 is 0.979 bits per heavy atom. The molecule has 0 aliphatic carbocycles. The number of ketones is 1. The van der Waals surface area contributed by atoms with Gasteiger partial charge in [0.1, 0.15) is 6.33 Å². The molecule has 0 saturated carbocycles. The molecule has 10 nitrogen and oxygen atoms in total. The number of nitrogens with zero attached hydrogens (tertiary/aromatic N) is 4. The van der Waals surface area contributed by atoms with E-state index in [-0.39, 0.29) is 34.8 Å². The Labute approximate surface area is 278 Å². The maximum Gasteiger partial charge on any atom is 0.230 e. The second kappa shape index (κ2) is 14.5. The van der Waals surface area contributed by atoms with Gasteiger partial charge < -0.3 is 23.5 Å². The Morgan fingerprint density at radius 2 is 1.77 bits per heavy atom. The lowest BCUT2D eigenvalue weighted by Gasteiger charge is -2.26. The van der Waals surface area contributed by atoms with Crippen LogP contribution in [0.15, 0.2) is 59.7 Å². The molecular weight excluding hydrogens is 615 g/mol. The van der Waals surface area contributed by atoms with Crippen LogP contribution in [0.1, 0.15) is 40.5 Å². The van der Waals surface area contributed by atoms with Crippen molar-refractivity contribution < 1.29 is 28.1 Å². The summed E-state index contributed by atoms with van der Waals surface area (Å²) < 4.78 is 40.2. The van der Waals surface area contributed by atoms with Crippen molar-refractivity contribution >= 4 is 27.6 Å². The molecule has 0 bridgehead atoms. The summed E-state index contributed by atoms with van der Waals surface area (Å²) >= 11 is 0. The molecule has 0 radical (unpaired) electrons. The predicted molar refractivity (Wildman–Crippen MR) is 181 cm³/mol. The third-order valence-electron chi connectivity index (χ3n) is 8.88. The normalized spacial score (nSPS) is 13.6. The van der Waals surface area contributed by atoms with Crippen molar-refractivity contribution in [3.63, 3.8) is 0 Å². The minimum Gasteiger partial charge on any atom is -0.493 e. The quantitative estimate of drug-likeness (QED) is 0.122. The molecule has 0 amide bonds. The molecule has 1 aliphatic heterocycles. The Bertz CT molecular complexity index is 2040. The molecule has 3 heterocycles. The Morgan fingerprint density at radius 3 is 2.52 bits per heavy atom. The van der Waals surface area contributed by atoms with Crippen molar-refractivity contribution in [2.45, 2.75) is 33.1 Å². The van der Waals surface area contributed by atoms with E-state index in [1.54, 1.807) is 32.2 Å². The number of morpholine rings is 1. The average Bonchev–Trinajstić information content (AvgIpc) is 3.10. The number of Topliss-reactive ketones (excluding diaryl/α,β-unsaturated/α-hetero) is 1. The van der Waals surface area contributed by atoms with E-state index in [1.165, 1.54) is 18.5 Å². The Kier molecular flexibility index (Phi) is 9.98. The lowest BCUT2D eigenvalue weighted by atomic mass is 9.98. The molecule has 0 spiro atoms. The number of carbonyl (C=O) groups is 1. The van der Waals surface area contributed by atoms with Crippen molar-refractivity contribution in [1.29, 1.82) is 0 Å². The molecule has 48 heavy (non-hydrogen) atoms. The van der Waals surface area contributed by atoms with Crippen molar-refractivity contribution in [2.75, 3.05) is 46.6 Å². The van der Waals surface area contributed by atoms with Crippen molar-refractivity contribution in [1.82, 2.24) is 19.4 Å². The lowest BCUT2D eigenvalue weighted by molar-refractivity contribution is 0.0357. The monoisotopic (exact) mass is 654 g/mol.